The van der Waals surface area contributed by atoms with Crippen LogP contribution in [0.25, 0.3) is 0 Å². The van der Waals surface area contributed by atoms with Gasteiger partial charge in [0.05, 0.1) is 11.4 Å². The predicted octanol–water partition coefficient (Wildman–Crippen LogP) is 6.81. The zero-order chi connectivity index (χ0) is 26.7. The van der Waals surface area contributed by atoms with Crippen LogP contribution in [-0.4, -0.2) is 11.6 Å². The quantitative estimate of drug-likeness (QED) is 0.482. The first-order valence-corrected chi connectivity index (χ1v) is 13.7. The lowest BCUT2D eigenvalue weighted by atomic mass is 9.69. The van der Waals surface area contributed by atoms with Crippen LogP contribution in [0.3, 0.4) is 0 Å². The number of allylic oxidation sites excluding steroid dienone is 6. The maximum absolute atomic E-state index is 13.4. The van der Waals surface area contributed by atoms with Gasteiger partial charge in [-0.1, -0.05) is 88.4 Å². The Morgan fingerprint density at radius 2 is 0.947 bits per heavy atom. The molecule has 4 nitrogen and oxygen atoms in total. The van der Waals surface area contributed by atoms with Crippen molar-refractivity contribution in [3.63, 3.8) is 0 Å². The fourth-order valence-corrected chi connectivity index (χ4v) is 6.68. The molecule has 2 aromatic carbocycles. The predicted molar refractivity (Wildman–Crippen MR) is 151 cm³/mol. The summed E-state index contributed by atoms with van der Waals surface area (Å²) in [6.07, 6.45) is 7.17. The van der Waals surface area contributed by atoms with E-state index in [1.165, 1.54) is 0 Å². The second-order valence-corrected chi connectivity index (χ2v) is 12.9. The smallest absolute Gasteiger partial charge is 0.162 e. The number of nitrogens with one attached hydrogen (secondary N) is 2. The fourth-order valence-electron chi connectivity index (χ4n) is 6.68. The zero-order valence-electron chi connectivity index (χ0n) is 22.7. The number of carbonyl (C=O) groups is 2. The molecule has 2 heterocycles. The van der Waals surface area contributed by atoms with Crippen LogP contribution in [0.5, 0.6) is 0 Å². The van der Waals surface area contributed by atoms with Gasteiger partial charge in [0.2, 0.25) is 0 Å². The number of dihydropyridines is 2. The summed E-state index contributed by atoms with van der Waals surface area (Å²) >= 11 is 0. The first-order chi connectivity index (χ1) is 18.1. The highest BCUT2D eigenvalue weighted by Gasteiger charge is 2.41. The molecule has 2 aliphatic carbocycles. The first-order valence-electron chi connectivity index (χ1n) is 13.7. The number of rotatable bonds is 3. The number of carbonyl (C=O) groups excluding carboxylic acids is 2. The Morgan fingerprint density at radius 1 is 0.579 bits per heavy atom. The third-order valence-electron chi connectivity index (χ3n) is 8.31. The molecule has 4 aliphatic rings. The minimum Gasteiger partial charge on any atom is -0.357 e. The summed E-state index contributed by atoms with van der Waals surface area (Å²) in [5, 5.41) is 7.38. The van der Waals surface area contributed by atoms with Gasteiger partial charge in [-0.25, -0.2) is 0 Å². The summed E-state index contributed by atoms with van der Waals surface area (Å²) < 4.78 is 0. The summed E-state index contributed by atoms with van der Waals surface area (Å²) in [5.41, 5.74) is 7.85. The lowest BCUT2D eigenvalue weighted by Gasteiger charge is -2.41. The first kappa shape index (κ1) is 24.7. The highest BCUT2D eigenvalue weighted by molar-refractivity contribution is 6.01. The van der Waals surface area contributed by atoms with E-state index in [1.54, 1.807) is 0 Å². The molecular formula is C34H36N2O2. The van der Waals surface area contributed by atoms with Crippen molar-refractivity contribution < 1.29 is 9.59 Å². The normalized spacial score (nSPS) is 26.0. The van der Waals surface area contributed by atoms with Crippen LogP contribution in [0, 0.1) is 10.8 Å². The molecule has 38 heavy (non-hydrogen) atoms. The largest absolute Gasteiger partial charge is 0.357 e. The third-order valence-corrected chi connectivity index (χ3v) is 8.31. The van der Waals surface area contributed by atoms with Crippen LogP contribution in [0.2, 0.25) is 0 Å². The van der Waals surface area contributed by atoms with Crippen molar-refractivity contribution in [2.45, 2.75) is 65.2 Å². The van der Waals surface area contributed by atoms with Crippen molar-refractivity contribution in [1.29, 1.82) is 0 Å². The van der Waals surface area contributed by atoms with Gasteiger partial charge in [0, 0.05) is 47.2 Å². The van der Waals surface area contributed by atoms with Gasteiger partial charge in [0.25, 0.3) is 0 Å². The van der Waals surface area contributed by atoms with E-state index in [0.717, 1.165) is 57.9 Å². The van der Waals surface area contributed by atoms with Crippen LogP contribution < -0.4 is 10.6 Å². The molecule has 0 saturated heterocycles. The number of benzene rings is 2. The Balaban J connectivity index is 1.47. The van der Waals surface area contributed by atoms with Gasteiger partial charge in [-0.2, -0.15) is 0 Å². The van der Waals surface area contributed by atoms with E-state index in [0.29, 0.717) is 12.8 Å². The Morgan fingerprint density at radius 3 is 1.32 bits per heavy atom. The molecule has 0 spiro atoms. The van der Waals surface area contributed by atoms with Gasteiger partial charge in [0.1, 0.15) is 0 Å². The molecule has 0 aromatic heterocycles. The number of ketones is 2. The van der Waals surface area contributed by atoms with Crippen molar-refractivity contribution in [3.8, 4) is 0 Å². The van der Waals surface area contributed by atoms with Gasteiger partial charge in [-0.05, 0) is 47.0 Å². The topological polar surface area (TPSA) is 58.2 Å². The van der Waals surface area contributed by atoms with Crippen molar-refractivity contribution in [3.05, 3.63) is 118 Å². The molecule has 0 bridgehead atoms. The van der Waals surface area contributed by atoms with Crippen molar-refractivity contribution in [2.24, 2.45) is 10.8 Å². The summed E-state index contributed by atoms with van der Waals surface area (Å²) in [5.74, 6) is 0.239. The molecule has 2 aliphatic heterocycles. The Labute approximate surface area is 225 Å². The SMILES string of the molecule is CC1(C)CC(=O)C2=C(C1)NC(C1=CC(c3ccccc3)C3=C(CC(C)(C)CC3=O)N1)=CC2c1ccccc1. The van der Waals surface area contributed by atoms with Crippen LogP contribution in [0.15, 0.2) is 107 Å². The molecular weight excluding hydrogens is 468 g/mol. The van der Waals surface area contributed by atoms with Gasteiger partial charge in [-0.3, -0.25) is 9.59 Å². The molecule has 2 unspecified atom stereocenters. The number of hydrogen-bond donors (Lipinski definition) is 2. The maximum Gasteiger partial charge on any atom is 0.162 e. The minimum atomic E-state index is -0.108. The standard InChI is InChI=1S/C34H36N2O2/c1-33(2)17-27-31(29(37)19-33)23(21-11-7-5-8-12-21)15-25(35-27)26-16-24(22-13-9-6-10-14-22)32-28(36-26)18-34(3,4)20-30(32)38/h5-16,23-24,35-36H,17-20H2,1-4H3. The lowest BCUT2D eigenvalue weighted by Crippen LogP contribution is -2.40. The Kier molecular flexibility index (Phi) is 5.82. The summed E-state index contributed by atoms with van der Waals surface area (Å²) in [6.45, 7) is 8.68. The average molecular weight is 505 g/mol. The summed E-state index contributed by atoms with van der Waals surface area (Å²) in [6, 6.07) is 20.6. The van der Waals surface area contributed by atoms with Gasteiger partial charge >= 0.3 is 0 Å². The van der Waals surface area contributed by atoms with Crippen LogP contribution in [0.4, 0.5) is 0 Å². The van der Waals surface area contributed by atoms with E-state index in [-0.39, 0.29) is 34.2 Å². The molecule has 194 valence electrons. The monoisotopic (exact) mass is 504 g/mol. The lowest BCUT2D eigenvalue weighted by molar-refractivity contribution is -0.119. The number of Topliss-reactive ketones (excluding diaryl/α,β-unsaturated/α-hetero) is 2. The highest BCUT2D eigenvalue weighted by Crippen LogP contribution is 2.47. The second kappa shape index (κ2) is 8.97. The molecule has 4 heteroatoms. The van der Waals surface area contributed by atoms with Crippen LogP contribution >= 0.6 is 0 Å². The summed E-state index contributed by atoms with van der Waals surface area (Å²) in [4.78, 5) is 26.9. The van der Waals surface area contributed by atoms with Crippen LogP contribution in [-0.2, 0) is 9.59 Å². The molecule has 0 radical (unpaired) electrons. The van der Waals surface area contributed by atoms with E-state index >= 15 is 0 Å². The molecule has 0 saturated carbocycles. The molecule has 2 atom stereocenters. The molecule has 0 fully saturated rings. The van der Waals surface area contributed by atoms with Crippen molar-refractivity contribution in [2.75, 3.05) is 0 Å². The zero-order valence-corrected chi connectivity index (χ0v) is 22.7. The van der Waals surface area contributed by atoms with Crippen LogP contribution in [0.1, 0.15) is 76.3 Å². The fraction of sp³-hybridized carbons (Fsp3) is 0.353. The molecule has 2 aromatic rings. The van der Waals surface area contributed by atoms with Gasteiger partial charge in [0.15, 0.2) is 11.6 Å². The van der Waals surface area contributed by atoms with Gasteiger partial charge in [-0.15, -0.1) is 0 Å². The van der Waals surface area contributed by atoms with Crippen molar-refractivity contribution in [1.82, 2.24) is 10.6 Å². The van der Waals surface area contributed by atoms with E-state index in [9.17, 15) is 9.59 Å². The van der Waals surface area contributed by atoms with Crippen molar-refractivity contribution >= 4 is 11.6 Å². The molecule has 6 rings (SSSR count). The highest BCUT2D eigenvalue weighted by atomic mass is 16.1. The Bertz CT molecular complexity index is 1330. The minimum absolute atomic E-state index is 0.0942. The second-order valence-electron chi connectivity index (χ2n) is 12.9. The molecule has 2 N–H and O–H groups in total. The van der Waals surface area contributed by atoms with Gasteiger partial charge < -0.3 is 10.6 Å². The average Bonchev–Trinajstić information content (AvgIpc) is 2.86. The Hall–Kier alpha value is -3.66. The third kappa shape index (κ3) is 4.47. The number of hydrogen-bond acceptors (Lipinski definition) is 4. The van der Waals surface area contributed by atoms with E-state index in [1.807, 2.05) is 36.4 Å². The maximum atomic E-state index is 13.4. The molecule has 0 amide bonds. The van der Waals surface area contributed by atoms with E-state index in [2.05, 4.69) is 74.7 Å². The van der Waals surface area contributed by atoms with E-state index in [4.69, 9.17) is 0 Å². The van der Waals surface area contributed by atoms with E-state index < -0.39 is 0 Å². The summed E-state index contributed by atoms with van der Waals surface area (Å²) in [7, 11) is 0.